The van der Waals surface area contributed by atoms with Crippen LogP contribution < -0.4 is 10.0 Å². The van der Waals surface area contributed by atoms with Gasteiger partial charge < -0.3 is 5.32 Å². The Morgan fingerprint density at radius 2 is 1.95 bits per heavy atom. The molecule has 1 aromatic carbocycles. The summed E-state index contributed by atoms with van der Waals surface area (Å²) in [4.78, 5) is -0.251. The molecule has 0 saturated heterocycles. The highest BCUT2D eigenvalue weighted by Gasteiger charge is 2.30. The third-order valence-electron chi connectivity index (χ3n) is 2.36. The Hall–Kier alpha value is -0.830. The first-order valence-electron chi connectivity index (χ1n) is 5.71. The maximum atomic E-state index is 12.1. The van der Waals surface area contributed by atoms with Crippen LogP contribution in [0.2, 0.25) is 5.02 Å². The lowest BCUT2D eigenvalue weighted by Gasteiger charge is -2.11. The van der Waals surface area contributed by atoms with E-state index >= 15 is 0 Å². The minimum absolute atomic E-state index is 0.251. The minimum Gasteiger partial charge on any atom is -0.313 e. The molecule has 0 atom stereocenters. The Balaban J connectivity index is 2.95. The molecule has 0 amide bonds. The number of benzene rings is 1. The Morgan fingerprint density at radius 1 is 1.30 bits per heavy atom. The van der Waals surface area contributed by atoms with Gasteiger partial charge in [0.25, 0.3) is 0 Å². The molecule has 1 aromatic rings. The van der Waals surface area contributed by atoms with Gasteiger partial charge in [-0.2, -0.15) is 13.2 Å². The average Bonchev–Trinajstić information content (AvgIpc) is 2.34. The standard InChI is InChI=1S/C11H14ClF3N2O2S/c1-2-16-6-8-5-9(3-4-10(8)12)20(18,19)17-7-11(13,14)15/h3-5,16-17H,2,6-7H2,1H3. The van der Waals surface area contributed by atoms with Gasteiger partial charge in [-0.15, -0.1) is 0 Å². The molecule has 0 unspecified atom stereocenters. The first kappa shape index (κ1) is 17.2. The van der Waals surface area contributed by atoms with Gasteiger partial charge in [0, 0.05) is 11.6 Å². The summed E-state index contributed by atoms with van der Waals surface area (Å²) >= 11 is 5.90. The predicted octanol–water partition coefficient (Wildman–Crippen LogP) is 2.29. The van der Waals surface area contributed by atoms with Crippen LogP contribution in [-0.4, -0.2) is 27.7 Å². The zero-order valence-electron chi connectivity index (χ0n) is 10.6. The van der Waals surface area contributed by atoms with Gasteiger partial charge >= 0.3 is 6.18 Å². The second kappa shape index (κ2) is 6.75. The average molecular weight is 331 g/mol. The van der Waals surface area contributed by atoms with Crippen LogP contribution in [0.15, 0.2) is 23.1 Å². The van der Waals surface area contributed by atoms with E-state index < -0.39 is 22.7 Å². The van der Waals surface area contributed by atoms with Crippen molar-refractivity contribution in [2.45, 2.75) is 24.5 Å². The van der Waals surface area contributed by atoms with Crippen molar-refractivity contribution < 1.29 is 21.6 Å². The number of sulfonamides is 1. The van der Waals surface area contributed by atoms with E-state index in [1.54, 1.807) is 0 Å². The lowest BCUT2D eigenvalue weighted by atomic mass is 10.2. The number of alkyl halides is 3. The van der Waals surface area contributed by atoms with Crippen LogP contribution in [0, 0.1) is 0 Å². The quantitative estimate of drug-likeness (QED) is 0.841. The van der Waals surface area contributed by atoms with E-state index in [4.69, 9.17) is 11.6 Å². The molecule has 0 aliphatic heterocycles. The molecule has 1 rings (SSSR count). The zero-order chi connectivity index (χ0) is 15.4. The van der Waals surface area contributed by atoms with Crippen molar-refractivity contribution in [3.05, 3.63) is 28.8 Å². The zero-order valence-corrected chi connectivity index (χ0v) is 12.2. The fourth-order valence-electron chi connectivity index (χ4n) is 1.37. The smallest absolute Gasteiger partial charge is 0.313 e. The molecule has 0 bridgehead atoms. The Labute approximate surface area is 120 Å². The Bertz CT molecular complexity index is 561. The lowest BCUT2D eigenvalue weighted by molar-refractivity contribution is -0.121. The van der Waals surface area contributed by atoms with Gasteiger partial charge in [-0.05, 0) is 30.3 Å². The summed E-state index contributed by atoms with van der Waals surface area (Å²) in [5, 5.41) is 3.31. The van der Waals surface area contributed by atoms with Crippen LogP contribution in [0.3, 0.4) is 0 Å². The van der Waals surface area contributed by atoms with Crippen molar-refractivity contribution in [3.63, 3.8) is 0 Å². The van der Waals surface area contributed by atoms with Gasteiger partial charge in [0.15, 0.2) is 0 Å². The number of hydrogen-bond donors (Lipinski definition) is 2. The van der Waals surface area contributed by atoms with Crippen LogP contribution in [-0.2, 0) is 16.6 Å². The van der Waals surface area contributed by atoms with E-state index in [-0.39, 0.29) is 4.90 Å². The van der Waals surface area contributed by atoms with Gasteiger partial charge in [0.2, 0.25) is 10.0 Å². The van der Waals surface area contributed by atoms with Crippen LogP contribution in [0.5, 0.6) is 0 Å². The summed E-state index contributed by atoms with van der Waals surface area (Å²) in [5.41, 5.74) is 0.503. The molecular formula is C11H14ClF3N2O2S. The molecule has 0 heterocycles. The van der Waals surface area contributed by atoms with Crippen LogP contribution in [0.1, 0.15) is 12.5 Å². The van der Waals surface area contributed by atoms with E-state index in [2.05, 4.69) is 5.32 Å². The SMILES string of the molecule is CCNCc1cc(S(=O)(=O)NCC(F)(F)F)ccc1Cl. The lowest BCUT2D eigenvalue weighted by Crippen LogP contribution is -2.33. The molecule has 0 saturated carbocycles. The van der Waals surface area contributed by atoms with Crippen molar-refractivity contribution in [1.29, 1.82) is 0 Å². The summed E-state index contributed by atoms with van der Waals surface area (Å²) in [6.45, 7) is 1.23. The summed E-state index contributed by atoms with van der Waals surface area (Å²) in [6.07, 6.45) is -4.61. The topological polar surface area (TPSA) is 58.2 Å². The predicted molar refractivity (Wildman–Crippen MR) is 70.1 cm³/mol. The summed E-state index contributed by atoms with van der Waals surface area (Å²) in [6, 6.07) is 3.76. The molecule has 0 fully saturated rings. The molecule has 0 aromatic heterocycles. The molecule has 9 heteroatoms. The second-order valence-corrected chi connectivity index (χ2v) is 6.15. The third-order valence-corrected chi connectivity index (χ3v) is 4.12. The van der Waals surface area contributed by atoms with Gasteiger partial charge in [-0.1, -0.05) is 18.5 Å². The molecule has 114 valence electrons. The van der Waals surface area contributed by atoms with Crippen molar-refractivity contribution in [2.75, 3.05) is 13.1 Å². The fourth-order valence-corrected chi connectivity index (χ4v) is 2.62. The van der Waals surface area contributed by atoms with E-state index in [1.807, 2.05) is 6.92 Å². The molecule has 20 heavy (non-hydrogen) atoms. The van der Waals surface area contributed by atoms with Gasteiger partial charge in [0.1, 0.15) is 6.54 Å². The number of halogens is 4. The van der Waals surface area contributed by atoms with Crippen LogP contribution >= 0.6 is 11.6 Å². The normalized spacial score (nSPS) is 12.7. The highest BCUT2D eigenvalue weighted by molar-refractivity contribution is 7.89. The maximum absolute atomic E-state index is 12.1. The summed E-state index contributed by atoms with van der Waals surface area (Å²) < 4.78 is 61.1. The third kappa shape index (κ3) is 5.28. The molecule has 0 aliphatic carbocycles. The first-order valence-corrected chi connectivity index (χ1v) is 7.57. The molecule has 2 N–H and O–H groups in total. The minimum atomic E-state index is -4.61. The van der Waals surface area contributed by atoms with E-state index in [0.29, 0.717) is 23.7 Å². The van der Waals surface area contributed by atoms with Crippen LogP contribution in [0.4, 0.5) is 13.2 Å². The number of hydrogen-bond acceptors (Lipinski definition) is 3. The van der Waals surface area contributed by atoms with E-state index in [0.717, 1.165) is 6.07 Å². The van der Waals surface area contributed by atoms with Gasteiger partial charge in [0.05, 0.1) is 4.90 Å². The van der Waals surface area contributed by atoms with Crippen molar-refractivity contribution in [3.8, 4) is 0 Å². The monoisotopic (exact) mass is 330 g/mol. The highest BCUT2D eigenvalue weighted by atomic mass is 35.5. The summed E-state index contributed by atoms with van der Waals surface area (Å²) in [7, 11) is -4.21. The van der Waals surface area contributed by atoms with Crippen LogP contribution in [0.25, 0.3) is 0 Å². The van der Waals surface area contributed by atoms with Gasteiger partial charge in [-0.25, -0.2) is 13.1 Å². The maximum Gasteiger partial charge on any atom is 0.402 e. The van der Waals surface area contributed by atoms with E-state index in [1.165, 1.54) is 16.9 Å². The molecule has 0 spiro atoms. The Kier molecular flexibility index (Phi) is 5.81. The molecular weight excluding hydrogens is 317 g/mol. The van der Waals surface area contributed by atoms with Crippen molar-refractivity contribution >= 4 is 21.6 Å². The molecule has 4 nitrogen and oxygen atoms in total. The molecule has 0 aliphatic rings. The van der Waals surface area contributed by atoms with Crippen molar-refractivity contribution in [2.24, 2.45) is 0 Å². The van der Waals surface area contributed by atoms with Crippen molar-refractivity contribution in [1.82, 2.24) is 10.0 Å². The largest absolute Gasteiger partial charge is 0.402 e. The highest BCUT2D eigenvalue weighted by Crippen LogP contribution is 2.21. The fraction of sp³-hybridized carbons (Fsp3) is 0.455. The molecule has 0 radical (unpaired) electrons. The van der Waals surface area contributed by atoms with E-state index in [9.17, 15) is 21.6 Å². The van der Waals surface area contributed by atoms with Gasteiger partial charge in [-0.3, -0.25) is 0 Å². The first-order chi connectivity index (χ1) is 9.15. The Morgan fingerprint density at radius 3 is 2.50 bits per heavy atom. The summed E-state index contributed by atoms with van der Waals surface area (Å²) in [5.74, 6) is 0. The number of rotatable bonds is 6. The number of nitrogens with one attached hydrogen (secondary N) is 2. The second-order valence-electron chi connectivity index (χ2n) is 3.97.